The zero-order valence-corrected chi connectivity index (χ0v) is 17.1. The molecule has 0 saturated heterocycles. The third-order valence-electron chi connectivity index (χ3n) is 3.67. The van der Waals surface area contributed by atoms with Gasteiger partial charge < -0.3 is 4.74 Å². The molecule has 2 N–H and O–H groups in total. The molecule has 0 atom stereocenters. The summed E-state index contributed by atoms with van der Waals surface area (Å²) in [6.45, 7) is 1.63. The average Bonchev–Trinajstić information content (AvgIpc) is 2.54. The number of rotatable bonds is 6. The first-order valence-electron chi connectivity index (χ1n) is 7.20. The van der Waals surface area contributed by atoms with E-state index in [0.29, 0.717) is 15.8 Å². The molecule has 0 spiro atoms. The van der Waals surface area contributed by atoms with Crippen molar-refractivity contribution in [3.05, 3.63) is 52.0 Å². The molecule has 2 rings (SSSR count). The smallest absolute Gasteiger partial charge is 0.239 e. The molecule has 0 aromatic heterocycles. The Morgan fingerprint density at radius 2 is 1.65 bits per heavy atom. The Bertz CT molecular complexity index is 1080. The van der Waals surface area contributed by atoms with Gasteiger partial charge in [-0.2, -0.15) is 0 Å². The second kappa shape index (κ2) is 7.47. The van der Waals surface area contributed by atoms with E-state index in [9.17, 15) is 21.6 Å². The number of ether oxygens (including phenoxy) is 1. The van der Waals surface area contributed by atoms with E-state index in [2.05, 4.69) is 15.9 Å². The molecule has 26 heavy (non-hydrogen) atoms. The Hall–Kier alpha value is -1.75. The van der Waals surface area contributed by atoms with Crippen LogP contribution in [0.25, 0.3) is 0 Å². The molecule has 2 aromatic rings. The van der Waals surface area contributed by atoms with E-state index in [1.165, 1.54) is 25.3 Å². The summed E-state index contributed by atoms with van der Waals surface area (Å²) in [5.41, 5.74) is 0.642. The summed E-state index contributed by atoms with van der Waals surface area (Å²) >= 11 is 3.28. The fourth-order valence-corrected chi connectivity index (χ4v) is 5.74. The second-order valence-corrected chi connectivity index (χ2v) is 9.77. The zero-order chi connectivity index (χ0) is 19.7. The van der Waals surface area contributed by atoms with Gasteiger partial charge in [-0.05, 0) is 47.1 Å². The summed E-state index contributed by atoms with van der Waals surface area (Å²) in [5, 5.41) is 5.08. The maximum absolute atomic E-state index is 12.6. The zero-order valence-electron chi connectivity index (χ0n) is 13.9. The third-order valence-corrected chi connectivity index (χ3v) is 7.07. The first-order chi connectivity index (χ1) is 12.0. The normalized spacial score (nSPS) is 12.0. The third kappa shape index (κ3) is 4.14. The lowest BCUT2D eigenvalue weighted by Crippen LogP contribution is -2.22. The lowest BCUT2D eigenvalue weighted by molar-refractivity contribution is 0.102. The van der Waals surface area contributed by atoms with Gasteiger partial charge in [0.2, 0.25) is 10.0 Å². The van der Waals surface area contributed by atoms with Crippen molar-refractivity contribution in [2.75, 3.05) is 12.9 Å². The van der Waals surface area contributed by atoms with Crippen LogP contribution >= 0.6 is 15.9 Å². The highest BCUT2D eigenvalue weighted by molar-refractivity contribution is 9.10. The van der Waals surface area contributed by atoms with Gasteiger partial charge in [0.1, 0.15) is 16.4 Å². The molecule has 0 radical (unpaired) electrons. The van der Waals surface area contributed by atoms with E-state index in [1.54, 1.807) is 13.0 Å². The molecule has 140 valence electrons. The number of benzene rings is 2. The lowest BCUT2D eigenvalue weighted by atomic mass is 10.0. The minimum atomic E-state index is -4.26. The first kappa shape index (κ1) is 20.6. The van der Waals surface area contributed by atoms with Crippen molar-refractivity contribution in [2.45, 2.75) is 16.7 Å². The Balaban J connectivity index is 2.48. The molecule has 0 aliphatic carbocycles. The van der Waals surface area contributed by atoms with Crippen LogP contribution in [0.3, 0.4) is 0 Å². The van der Waals surface area contributed by atoms with E-state index in [4.69, 9.17) is 9.88 Å². The highest BCUT2D eigenvalue weighted by Crippen LogP contribution is 2.31. The molecule has 0 fully saturated rings. The number of sulfonamides is 1. The van der Waals surface area contributed by atoms with Gasteiger partial charge in [0, 0.05) is 11.1 Å². The van der Waals surface area contributed by atoms with Gasteiger partial charge in [0.05, 0.1) is 16.5 Å². The standard InChI is InChI=1S/C16H16BrNO6S2/c1-10-11(7-8-12(17)16(10)24-2)13(19)9-25(20,21)14-5-3-4-6-15(14)26(18,22)23/h3-8H,9H2,1-2H3,(H2,18,22,23). The van der Waals surface area contributed by atoms with Crippen molar-refractivity contribution in [3.63, 3.8) is 0 Å². The summed E-state index contributed by atoms with van der Waals surface area (Å²) in [6, 6.07) is 7.96. The number of ketones is 1. The molecule has 0 unspecified atom stereocenters. The molecule has 7 nitrogen and oxygen atoms in total. The minimum absolute atomic E-state index is 0.168. The van der Waals surface area contributed by atoms with E-state index in [1.807, 2.05) is 0 Å². The van der Waals surface area contributed by atoms with Gasteiger partial charge >= 0.3 is 0 Å². The van der Waals surface area contributed by atoms with Gasteiger partial charge in [-0.15, -0.1) is 0 Å². The van der Waals surface area contributed by atoms with Gasteiger partial charge in [-0.1, -0.05) is 12.1 Å². The van der Waals surface area contributed by atoms with E-state index in [0.717, 1.165) is 12.1 Å². The Labute approximate surface area is 160 Å². The summed E-state index contributed by atoms with van der Waals surface area (Å²) < 4.78 is 54.4. The lowest BCUT2D eigenvalue weighted by Gasteiger charge is -2.12. The summed E-state index contributed by atoms with van der Waals surface area (Å²) in [6.07, 6.45) is 0. The monoisotopic (exact) mass is 461 g/mol. The summed E-state index contributed by atoms with van der Waals surface area (Å²) in [4.78, 5) is 11.5. The van der Waals surface area contributed by atoms with Crippen LogP contribution in [0.2, 0.25) is 0 Å². The number of primary sulfonamides is 1. The Morgan fingerprint density at radius 1 is 1.08 bits per heavy atom. The molecule has 2 aromatic carbocycles. The molecule has 0 aliphatic heterocycles. The van der Waals surface area contributed by atoms with Crippen molar-refractivity contribution in [3.8, 4) is 5.75 Å². The minimum Gasteiger partial charge on any atom is -0.495 e. The fourth-order valence-electron chi connectivity index (χ4n) is 2.48. The van der Waals surface area contributed by atoms with Crippen molar-refractivity contribution in [2.24, 2.45) is 5.14 Å². The average molecular weight is 462 g/mol. The number of carbonyl (C=O) groups excluding carboxylic acids is 1. The maximum atomic E-state index is 12.6. The second-order valence-electron chi connectivity index (χ2n) is 5.43. The molecule has 0 amide bonds. The number of Topliss-reactive ketones (excluding diaryl/α,β-unsaturated/α-hetero) is 1. The SMILES string of the molecule is COc1c(Br)ccc(C(=O)CS(=O)(=O)c2ccccc2S(N)(=O)=O)c1C. The molecular weight excluding hydrogens is 446 g/mol. The van der Waals surface area contributed by atoms with Crippen LogP contribution in [0.5, 0.6) is 5.75 Å². The van der Waals surface area contributed by atoms with Crippen molar-refractivity contribution >= 4 is 41.6 Å². The number of nitrogens with two attached hydrogens (primary N) is 1. The quantitative estimate of drug-likeness (QED) is 0.657. The van der Waals surface area contributed by atoms with Crippen LogP contribution in [0.15, 0.2) is 50.7 Å². The van der Waals surface area contributed by atoms with Gasteiger partial charge in [-0.25, -0.2) is 22.0 Å². The predicted molar refractivity (Wildman–Crippen MR) is 99.6 cm³/mol. The van der Waals surface area contributed by atoms with Crippen LogP contribution in [0, 0.1) is 6.92 Å². The highest BCUT2D eigenvalue weighted by Gasteiger charge is 2.28. The van der Waals surface area contributed by atoms with Crippen LogP contribution in [0.4, 0.5) is 0 Å². The molecule has 10 heteroatoms. The van der Waals surface area contributed by atoms with Gasteiger partial charge in [0.25, 0.3) is 0 Å². The number of hydrogen-bond acceptors (Lipinski definition) is 6. The van der Waals surface area contributed by atoms with E-state index >= 15 is 0 Å². The molecule has 0 bridgehead atoms. The Morgan fingerprint density at radius 3 is 2.19 bits per heavy atom. The maximum Gasteiger partial charge on any atom is 0.239 e. The summed E-state index contributed by atoms with van der Waals surface area (Å²) in [5.74, 6) is -1.17. The Kier molecular flexibility index (Phi) is 5.91. The largest absolute Gasteiger partial charge is 0.495 e. The van der Waals surface area contributed by atoms with Crippen molar-refractivity contribution in [1.82, 2.24) is 0 Å². The fraction of sp³-hybridized carbons (Fsp3) is 0.188. The summed E-state index contributed by atoms with van der Waals surface area (Å²) in [7, 11) is -7.06. The van der Waals surface area contributed by atoms with Crippen LogP contribution in [0.1, 0.15) is 15.9 Å². The number of methoxy groups -OCH3 is 1. The predicted octanol–water partition coefficient (Wildman–Crippen LogP) is 2.07. The number of hydrogen-bond donors (Lipinski definition) is 1. The van der Waals surface area contributed by atoms with E-state index in [-0.39, 0.29) is 5.56 Å². The first-order valence-corrected chi connectivity index (χ1v) is 11.2. The number of carbonyl (C=O) groups is 1. The van der Waals surface area contributed by atoms with Crippen molar-refractivity contribution < 1.29 is 26.4 Å². The van der Waals surface area contributed by atoms with Crippen LogP contribution in [-0.2, 0) is 19.9 Å². The highest BCUT2D eigenvalue weighted by atomic mass is 79.9. The van der Waals surface area contributed by atoms with Crippen molar-refractivity contribution in [1.29, 1.82) is 0 Å². The van der Waals surface area contributed by atoms with Gasteiger partial charge in [-0.3, -0.25) is 4.79 Å². The molecule has 0 saturated carbocycles. The topological polar surface area (TPSA) is 121 Å². The number of sulfone groups is 1. The molecule has 0 aliphatic rings. The molecule has 0 heterocycles. The van der Waals surface area contributed by atoms with Crippen LogP contribution < -0.4 is 9.88 Å². The molecular formula is C16H16BrNO6S2. The van der Waals surface area contributed by atoms with E-state index < -0.39 is 41.2 Å². The van der Waals surface area contributed by atoms with Crippen LogP contribution in [-0.4, -0.2) is 35.5 Å². The number of halogens is 1. The van der Waals surface area contributed by atoms with Gasteiger partial charge in [0.15, 0.2) is 15.6 Å².